The number of carbonyl (C=O) groups is 1. The van der Waals surface area contributed by atoms with Crippen molar-refractivity contribution in [2.24, 2.45) is 0 Å². The number of phenolic OH excluding ortho intramolecular Hbond substituents is 1. The Bertz CT molecular complexity index is 851. The van der Waals surface area contributed by atoms with Gasteiger partial charge in [-0.25, -0.2) is 4.79 Å². The molecule has 0 unspecified atom stereocenters. The van der Waals surface area contributed by atoms with E-state index in [1.165, 1.54) is 30.3 Å². The van der Waals surface area contributed by atoms with Crippen LogP contribution in [0.3, 0.4) is 0 Å². The zero-order valence-corrected chi connectivity index (χ0v) is 12.9. The van der Waals surface area contributed by atoms with Gasteiger partial charge in [-0.3, -0.25) is 0 Å². The minimum absolute atomic E-state index is 0.0238. The number of carboxylic acid groups (broad SMARTS) is 1. The van der Waals surface area contributed by atoms with Crippen LogP contribution < -0.4 is 4.18 Å². The standard InChI is InChI=1S/C16H14O6S/c1-11-2-6-14(7-3-11)23(20,21)22-15-8-5-13(17)10-12(15)4-9-16(18)19/h2-10,17H,1H3,(H,18,19). The smallest absolute Gasteiger partial charge is 0.339 e. The fraction of sp³-hybridized carbons (Fsp3) is 0.0625. The molecule has 6 nitrogen and oxygen atoms in total. The van der Waals surface area contributed by atoms with Gasteiger partial charge >= 0.3 is 16.1 Å². The Morgan fingerprint density at radius 2 is 1.78 bits per heavy atom. The number of carboxylic acids is 1. The van der Waals surface area contributed by atoms with Crippen molar-refractivity contribution in [1.82, 2.24) is 0 Å². The van der Waals surface area contributed by atoms with E-state index in [1.807, 2.05) is 6.92 Å². The van der Waals surface area contributed by atoms with Crippen LogP contribution in [-0.4, -0.2) is 24.6 Å². The molecule has 120 valence electrons. The van der Waals surface area contributed by atoms with Gasteiger partial charge < -0.3 is 14.4 Å². The maximum Gasteiger partial charge on any atom is 0.339 e. The molecule has 0 spiro atoms. The van der Waals surface area contributed by atoms with Gasteiger partial charge in [0.15, 0.2) is 0 Å². The van der Waals surface area contributed by atoms with Gasteiger partial charge in [0.25, 0.3) is 0 Å². The number of phenols is 1. The highest BCUT2D eigenvalue weighted by Crippen LogP contribution is 2.28. The molecule has 0 atom stereocenters. The summed E-state index contributed by atoms with van der Waals surface area (Å²) in [5.74, 6) is -1.43. The Morgan fingerprint density at radius 1 is 1.13 bits per heavy atom. The maximum absolute atomic E-state index is 12.3. The zero-order valence-electron chi connectivity index (χ0n) is 12.1. The first-order valence-corrected chi connectivity index (χ1v) is 7.94. The lowest BCUT2D eigenvalue weighted by atomic mass is 10.2. The number of aliphatic carboxylic acids is 1. The number of rotatable bonds is 5. The van der Waals surface area contributed by atoms with E-state index >= 15 is 0 Å². The quantitative estimate of drug-likeness (QED) is 0.644. The molecule has 2 rings (SSSR count). The highest BCUT2D eigenvalue weighted by atomic mass is 32.2. The van der Waals surface area contributed by atoms with E-state index in [2.05, 4.69) is 0 Å². The summed E-state index contributed by atoms with van der Waals surface area (Å²) in [7, 11) is -4.07. The summed E-state index contributed by atoms with van der Waals surface area (Å²) in [6.45, 7) is 1.83. The summed E-state index contributed by atoms with van der Waals surface area (Å²) < 4.78 is 29.6. The summed E-state index contributed by atoms with van der Waals surface area (Å²) in [5.41, 5.74) is 1.03. The Labute approximate surface area is 133 Å². The van der Waals surface area contributed by atoms with Crippen molar-refractivity contribution in [2.75, 3.05) is 0 Å². The Kier molecular flexibility index (Phi) is 4.71. The van der Waals surface area contributed by atoms with Crippen LogP contribution in [0.4, 0.5) is 0 Å². The molecule has 23 heavy (non-hydrogen) atoms. The van der Waals surface area contributed by atoms with Crippen LogP contribution in [0.25, 0.3) is 6.08 Å². The van der Waals surface area contributed by atoms with Gasteiger partial charge in [0.05, 0.1) is 0 Å². The van der Waals surface area contributed by atoms with Gasteiger partial charge in [-0.05, 0) is 43.3 Å². The van der Waals surface area contributed by atoms with Crippen LogP contribution in [0.5, 0.6) is 11.5 Å². The van der Waals surface area contributed by atoms with Gasteiger partial charge in [-0.15, -0.1) is 0 Å². The lowest BCUT2D eigenvalue weighted by molar-refractivity contribution is -0.131. The van der Waals surface area contributed by atoms with Crippen molar-refractivity contribution in [3.8, 4) is 11.5 Å². The van der Waals surface area contributed by atoms with E-state index in [0.717, 1.165) is 17.7 Å². The fourth-order valence-corrected chi connectivity index (χ4v) is 2.73. The van der Waals surface area contributed by atoms with E-state index < -0.39 is 16.1 Å². The Balaban J connectivity index is 2.39. The van der Waals surface area contributed by atoms with Crippen molar-refractivity contribution in [1.29, 1.82) is 0 Å². The number of hydrogen-bond acceptors (Lipinski definition) is 5. The second kappa shape index (κ2) is 6.53. The Morgan fingerprint density at radius 3 is 2.39 bits per heavy atom. The van der Waals surface area contributed by atoms with E-state index in [0.29, 0.717) is 0 Å². The van der Waals surface area contributed by atoms with Crippen molar-refractivity contribution in [3.05, 3.63) is 59.7 Å². The summed E-state index contributed by atoms with van der Waals surface area (Å²) >= 11 is 0. The third kappa shape index (κ3) is 4.33. The molecule has 0 aromatic heterocycles. The molecular formula is C16H14O6S. The average Bonchev–Trinajstić information content (AvgIpc) is 2.47. The second-order valence-electron chi connectivity index (χ2n) is 4.74. The zero-order chi connectivity index (χ0) is 17.0. The van der Waals surface area contributed by atoms with Gasteiger partial charge in [-0.1, -0.05) is 17.7 Å². The van der Waals surface area contributed by atoms with Crippen LogP contribution >= 0.6 is 0 Å². The van der Waals surface area contributed by atoms with E-state index in [9.17, 15) is 18.3 Å². The predicted molar refractivity (Wildman–Crippen MR) is 83.8 cm³/mol. The SMILES string of the molecule is Cc1ccc(S(=O)(=O)Oc2ccc(O)cc2C=CC(=O)O)cc1. The van der Waals surface area contributed by atoms with Crippen molar-refractivity contribution >= 4 is 22.2 Å². The average molecular weight is 334 g/mol. The molecule has 0 heterocycles. The van der Waals surface area contributed by atoms with E-state index in [4.69, 9.17) is 9.29 Å². The molecular weight excluding hydrogens is 320 g/mol. The summed E-state index contributed by atoms with van der Waals surface area (Å²) in [4.78, 5) is 10.6. The van der Waals surface area contributed by atoms with Crippen molar-refractivity contribution < 1.29 is 27.6 Å². The molecule has 0 aliphatic carbocycles. The summed E-state index contributed by atoms with van der Waals surface area (Å²) in [6.07, 6.45) is 1.96. The summed E-state index contributed by atoms with van der Waals surface area (Å²) in [6, 6.07) is 9.81. The number of aromatic hydroxyl groups is 1. The van der Waals surface area contributed by atoms with Crippen LogP contribution in [0.1, 0.15) is 11.1 Å². The highest BCUT2D eigenvalue weighted by molar-refractivity contribution is 7.87. The minimum atomic E-state index is -4.07. The van der Waals surface area contributed by atoms with Gasteiger partial charge in [-0.2, -0.15) is 8.42 Å². The molecule has 0 aliphatic heterocycles. The minimum Gasteiger partial charge on any atom is -0.508 e. The largest absolute Gasteiger partial charge is 0.508 e. The molecule has 0 aliphatic rings. The van der Waals surface area contributed by atoms with Crippen LogP contribution in [0, 0.1) is 6.92 Å². The third-order valence-corrected chi connectivity index (χ3v) is 4.16. The molecule has 0 saturated carbocycles. The van der Waals surface area contributed by atoms with E-state index in [1.54, 1.807) is 12.1 Å². The van der Waals surface area contributed by atoms with Gasteiger partial charge in [0.1, 0.15) is 16.4 Å². The van der Waals surface area contributed by atoms with Gasteiger partial charge in [0, 0.05) is 11.6 Å². The number of hydrogen-bond donors (Lipinski definition) is 2. The molecule has 2 aromatic rings. The lowest BCUT2D eigenvalue weighted by Gasteiger charge is -2.10. The first-order valence-electron chi connectivity index (χ1n) is 6.53. The van der Waals surface area contributed by atoms with E-state index in [-0.39, 0.29) is 22.0 Å². The molecule has 0 fully saturated rings. The highest BCUT2D eigenvalue weighted by Gasteiger charge is 2.18. The molecule has 2 aromatic carbocycles. The normalized spacial score (nSPS) is 11.5. The topological polar surface area (TPSA) is 101 Å². The van der Waals surface area contributed by atoms with Gasteiger partial charge in [0.2, 0.25) is 0 Å². The van der Waals surface area contributed by atoms with Crippen molar-refractivity contribution in [3.63, 3.8) is 0 Å². The molecule has 0 bridgehead atoms. The molecule has 2 N–H and O–H groups in total. The monoisotopic (exact) mass is 334 g/mol. The lowest BCUT2D eigenvalue weighted by Crippen LogP contribution is -2.10. The van der Waals surface area contributed by atoms with Crippen LogP contribution in [0.2, 0.25) is 0 Å². The maximum atomic E-state index is 12.3. The first kappa shape index (κ1) is 16.6. The second-order valence-corrected chi connectivity index (χ2v) is 6.29. The van der Waals surface area contributed by atoms with Crippen molar-refractivity contribution in [2.45, 2.75) is 11.8 Å². The molecule has 7 heteroatoms. The third-order valence-electron chi connectivity index (χ3n) is 2.91. The predicted octanol–water partition coefficient (Wildman–Crippen LogP) is 2.57. The Hall–Kier alpha value is -2.80. The summed E-state index contributed by atoms with van der Waals surface area (Å²) in [5, 5.41) is 18.1. The molecule has 0 saturated heterocycles. The first-order chi connectivity index (χ1) is 10.8. The number of benzene rings is 2. The van der Waals surface area contributed by atoms with Crippen LogP contribution in [-0.2, 0) is 14.9 Å². The van der Waals surface area contributed by atoms with Crippen LogP contribution in [0.15, 0.2) is 53.4 Å². The number of aryl methyl sites for hydroxylation is 1. The molecule has 0 amide bonds. The molecule has 0 radical (unpaired) electrons. The fourth-order valence-electron chi connectivity index (χ4n) is 1.77.